The molecule has 1 aliphatic rings. The van der Waals surface area contributed by atoms with E-state index >= 15 is 0 Å². The van der Waals surface area contributed by atoms with Gasteiger partial charge < -0.3 is 5.11 Å². The second kappa shape index (κ2) is 4.53. The minimum absolute atomic E-state index is 0.488. The number of aromatic nitrogens is 3. The van der Waals surface area contributed by atoms with E-state index in [1.165, 1.54) is 18.4 Å². The SMILES string of the molecule is Cn1cc(CC(O)c2ccccc2C2CC2)nn1. The molecular weight excluding hydrogens is 226 g/mol. The topological polar surface area (TPSA) is 50.9 Å². The Morgan fingerprint density at radius 2 is 2.17 bits per heavy atom. The van der Waals surface area contributed by atoms with E-state index in [0.29, 0.717) is 12.3 Å². The zero-order valence-electron chi connectivity index (χ0n) is 10.5. The van der Waals surface area contributed by atoms with Gasteiger partial charge in [0.05, 0.1) is 11.8 Å². The van der Waals surface area contributed by atoms with Crippen molar-refractivity contribution in [2.45, 2.75) is 31.3 Å². The van der Waals surface area contributed by atoms with E-state index in [2.05, 4.69) is 16.4 Å². The van der Waals surface area contributed by atoms with Crippen molar-refractivity contribution >= 4 is 0 Å². The molecule has 18 heavy (non-hydrogen) atoms. The number of aryl methyl sites for hydroxylation is 1. The lowest BCUT2D eigenvalue weighted by Crippen LogP contribution is -2.05. The van der Waals surface area contributed by atoms with Crippen LogP contribution in [0.3, 0.4) is 0 Å². The van der Waals surface area contributed by atoms with Crippen LogP contribution in [0.2, 0.25) is 0 Å². The van der Waals surface area contributed by atoms with Crippen molar-refractivity contribution in [3.63, 3.8) is 0 Å². The maximum absolute atomic E-state index is 10.4. The molecule has 4 nitrogen and oxygen atoms in total. The molecule has 1 atom stereocenters. The number of nitrogens with zero attached hydrogens (tertiary/aromatic N) is 3. The van der Waals surface area contributed by atoms with Crippen molar-refractivity contribution in [3.05, 3.63) is 47.3 Å². The first-order chi connectivity index (χ1) is 8.74. The maximum atomic E-state index is 10.4. The fourth-order valence-corrected chi connectivity index (χ4v) is 2.38. The van der Waals surface area contributed by atoms with Gasteiger partial charge in [-0.1, -0.05) is 29.5 Å². The van der Waals surface area contributed by atoms with Gasteiger partial charge in [-0.05, 0) is 29.9 Å². The Balaban J connectivity index is 1.81. The number of hydrogen-bond acceptors (Lipinski definition) is 3. The Morgan fingerprint density at radius 3 is 2.83 bits per heavy atom. The first kappa shape index (κ1) is 11.4. The van der Waals surface area contributed by atoms with Crippen LogP contribution in [0.25, 0.3) is 0 Å². The highest BCUT2D eigenvalue weighted by Gasteiger charge is 2.27. The van der Waals surface area contributed by atoms with Crippen molar-refractivity contribution in [2.24, 2.45) is 7.05 Å². The number of rotatable bonds is 4. The molecule has 1 aromatic carbocycles. The third-order valence-electron chi connectivity index (χ3n) is 3.42. The monoisotopic (exact) mass is 243 g/mol. The molecule has 0 amide bonds. The van der Waals surface area contributed by atoms with Gasteiger partial charge in [0.1, 0.15) is 0 Å². The Hall–Kier alpha value is -1.68. The number of hydrogen-bond donors (Lipinski definition) is 1. The summed E-state index contributed by atoms with van der Waals surface area (Å²) in [5.74, 6) is 0.651. The Labute approximate surface area is 106 Å². The number of aliphatic hydroxyl groups excluding tert-OH is 1. The zero-order valence-corrected chi connectivity index (χ0v) is 10.5. The lowest BCUT2D eigenvalue weighted by atomic mass is 9.96. The fourth-order valence-electron chi connectivity index (χ4n) is 2.38. The summed E-state index contributed by atoms with van der Waals surface area (Å²) in [6.45, 7) is 0. The molecule has 1 unspecified atom stereocenters. The van der Waals surface area contributed by atoms with Crippen molar-refractivity contribution in [2.75, 3.05) is 0 Å². The van der Waals surface area contributed by atoms with Crippen LogP contribution in [0.5, 0.6) is 0 Å². The van der Waals surface area contributed by atoms with Crippen LogP contribution in [0.1, 0.15) is 41.7 Å². The molecule has 0 radical (unpaired) electrons. The standard InChI is InChI=1S/C14H17N3O/c1-17-9-11(15-16-17)8-14(18)13-5-3-2-4-12(13)10-6-7-10/h2-5,9-10,14,18H,6-8H2,1H3. The molecule has 0 spiro atoms. The van der Waals surface area contributed by atoms with E-state index < -0.39 is 6.10 Å². The molecule has 0 saturated heterocycles. The number of benzene rings is 1. The predicted molar refractivity (Wildman–Crippen MR) is 68.1 cm³/mol. The maximum Gasteiger partial charge on any atom is 0.0856 e. The summed E-state index contributed by atoms with van der Waals surface area (Å²) in [6, 6.07) is 8.19. The largest absolute Gasteiger partial charge is 0.388 e. The highest BCUT2D eigenvalue weighted by molar-refractivity contribution is 5.35. The molecule has 1 N–H and O–H groups in total. The summed E-state index contributed by atoms with van der Waals surface area (Å²) in [7, 11) is 1.83. The van der Waals surface area contributed by atoms with E-state index in [1.54, 1.807) is 4.68 Å². The molecule has 0 aliphatic heterocycles. The van der Waals surface area contributed by atoms with Gasteiger partial charge in [0, 0.05) is 19.7 Å². The van der Waals surface area contributed by atoms with E-state index in [4.69, 9.17) is 0 Å². The minimum atomic E-state index is -0.488. The first-order valence-corrected chi connectivity index (χ1v) is 6.36. The molecule has 94 valence electrons. The van der Waals surface area contributed by atoms with Crippen molar-refractivity contribution in [3.8, 4) is 0 Å². The predicted octanol–water partition coefficient (Wildman–Crippen LogP) is 1.97. The van der Waals surface area contributed by atoms with Crippen molar-refractivity contribution < 1.29 is 5.11 Å². The van der Waals surface area contributed by atoms with Gasteiger partial charge in [-0.25, -0.2) is 0 Å². The lowest BCUT2D eigenvalue weighted by molar-refractivity contribution is 0.176. The van der Waals surface area contributed by atoms with E-state index in [-0.39, 0.29) is 0 Å². The Morgan fingerprint density at radius 1 is 1.39 bits per heavy atom. The highest BCUT2D eigenvalue weighted by atomic mass is 16.3. The normalized spacial score (nSPS) is 16.8. The van der Waals surface area contributed by atoms with Crippen molar-refractivity contribution in [1.29, 1.82) is 0 Å². The molecule has 1 fully saturated rings. The van der Waals surface area contributed by atoms with Crippen LogP contribution < -0.4 is 0 Å². The van der Waals surface area contributed by atoms with Gasteiger partial charge >= 0.3 is 0 Å². The lowest BCUT2D eigenvalue weighted by Gasteiger charge is -2.14. The van der Waals surface area contributed by atoms with Crippen LogP contribution in [-0.4, -0.2) is 20.1 Å². The molecular formula is C14H17N3O. The summed E-state index contributed by atoms with van der Waals surface area (Å²) in [4.78, 5) is 0. The molecule has 4 heteroatoms. The van der Waals surface area contributed by atoms with Crippen LogP contribution in [0.15, 0.2) is 30.5 Å². The third kappa shape index (κ3) is 2.29. The van der Waals surface area contributed by atoms with Crippen LogP contribution in [0.4, 0.5) is 0 Å². The van der Waals surface area contributed by atoms with Gasteiger partial charge in [-0.3, -0.25) is 4.68 Å². The molecule has 0 bridgehead atoms. The summed E-state index contributed by atoms with van der Waals surface area (Å²) in [5.41, 5.74) is 3.18. The fraction of sp³-hybridized carbons (Fsp3) is 0.429. The average molecular weight is 243 g/mol. The molecule has 1 aromatic heterocycles. The molecule has 3 rings (SSSR count). The van der Waals surface area contributed by atoms with Gasteiger partial charge in [0.2, 0.25) is 0 Å². The van der Waals surface area contributed by atoms with Crippen LogP contribution in [-0.2, 0) is 13.5 Å². The zero-order chi connectivity index (χ0) is 12.5. The number of aliphatic hydroxyl groups is 1. The second-order valence-electron chi connectivity index (χ2n) is 5.01. The smallest absolute Gasteiger partial charge is 0.0856 e. The summed E-state index contributed by atoms with van der Waals surface area (Å²) in [5, 5.41) is 18.3. The van der Waals surface area contributed by atoms with Crippen LogP contribution >= 0.6 is 0 Å². The van der Waals surface area contributed by atoms with Gasteiger partial charge in [0.25, 0.3) is 0 Å². The van der Waals surface area contributed by atoms with Crippen molar-refractivity contribution in [1.82, 2.24) is 15.0 Å². The summed E-state index contributed by atoms with van der Waals surface area (Å²) in [6.07, 6.45) is 4.38. The minimum Gasteiger partial charge on any atom is -0.388 e. The average Bonchev–Trinajstić information content (AvgIpc) is 3.14. The van der Waals surface area contributed by atoms with Gasteiger partial charge in [-0.2, -0.15) is 0 Å². The molecule has 1 saturated carbocycles. The molecule has 2 aromatic rings. The quantitative estimate of drug-likeness (QED) is 0.893. The van der Waals surface area contributed by atoms with E-state index in [0.717, 1.165) is 11.3 Å². The van der Waals surface area contributed by atoms with Crippen LogP contribution in [0, 0.1) is 0 Å². The summed E-state index contributed by atoms with van der Waals surface area (Å²) >= 11 is 0. The summed E-state index contributed by atoms with van der Waals surface area (Å²) < 4.78 is 1.66. The Bertz CT molecular complexity index is 545. The molecule has 1 heterocycles. The van der Waals surface area contributed by atoms with E-state index in [9.17, 15) is 5.11 Å². The van der Waals surface area contributed by atoms with E-state index in [1.807, 2.05) is 31.4 Å². The highest BCUT2D eigenvalue weighted by Crippen LogP contribution is 2.43. The first-order valence-electron chi connectivity index (χ1n) is 6.36. The Kier molecular flexibility index (Phi) is 2.88. The second-order valence-corrected chi connectivity index (χ2v) is 5.01. The molecule has 1 aliphatic carbocycles. The van der Waals surface area contributed by atoms with Gasteiger partial charge in [0.15, 0.2) is 0 Å². The third-order valence-corrected chi connectivity index (χ3v) is 3.42. The van der Waals surface area contributed by atoms with Gasteiger partial charge in [-0.15, -0.1) is 5.10 Å².